The van der Waals surface area contributed by atoms with Gasteiger partial charge in [0.15, 0.2) is 5.13 Å². The van der Waals surface area contributed by atoms with Crippen molar-refractivity contribution in [2.45, 2.75) is 13.8 Å². The molecule has 80 valence electrons. The molecule has 0 amide bonds. The van der Waals surface area contributed by atoms with Crippen molar-refractivity contribution in [1.29, 1.82) is 0 Å². The van der Waals surface area contributed by atoms with E-state index in [1.165, 1.54) is 11.3 Å². The lowest BCUT2D eigenvalue weighted by atomic mass is 10.2. The highest BCUT2D eigenvalue weighted by Crippen LogP contribution is 2.33. The van der Waals surface area contributed by atoms with Gasteiger partial charge >= 0.3 is 0 Å². The lowest BCUT2D eigenvalue weighted by Crippen LogP contribution is -2.05. The summed E-state index contributed by atoms with van der Waals surface area (Å²) >= 11 is 1.52. The molecule has 5 heteroatoms. The van der Waals surface area contributed by atoms with Gasteiger partial charge in [-0.05, 0) is 31.5 Å². The molecule has 0 spiro atoms. The molecule has 0 radical (unpaired) electrons. The predicted octanol–water partition coefficient (Wildman–Crippen LogP) is 2.29. The number of rotatable bonds is 3. The minimum absolute atomic E-state index is 0.640. The van der Waals surface area contributed by atoms with Crippen LogP contribution in [0.25, 0.3) is 10.2 Å². The van der Waals surface area contributed by atoms with E-state index in [-0.39, 0.29) is 0 Å². The van der Waals surface area contributed by atoms with Crippen molar-refractivity contribution in [2.75, 3.05) is 12.0 Å². The van der Waals surface area contributed by atoms with Crippen LogP contribution in [0, 0.1) is 6.92 Å². The molecular weight excluding hydrogens is 210 g/mol. The summed E-state index contributed by atoms with van der Waals surface area (Å²) in [5, 5.41) is 0.705. The van der Waals surface area contributed by atoms with Gasteiger partial charge in [-0.1, -0.05) is 11.3 Å². The first-order valence-corrected chi connectivity index (χ1v) is 5.57. The molecule has 0 saturated heterocycles. The van der Waals surface area contributed by atoms with Crippen LogP contribution < -0.4 is 16.0 Å². The van der Waals surface area contributed by atoms with Gasteiger partial charge in [-0.25, -0.2) is 10.8 Å². The van der Waals surface area contributed by atoms with Crippen LogP contribution in [0.2, 0.25) is 0 Å². The van der Waals surface area contributed by atoms with Crippen LogP contribution in [0.3, 0.4) is 0 Å². The summed E-state index contributed by atoms with van der Waals surface area (Å²) in [4.78, 5) is 4.35. The number of aromatic nitrogens is 1. The van der Waals surface area contributed by atoms with Gasteiger partial charge < -0.3 is 4.74 Å². The zero-order valence-corrected chi connectivity index (χ0v) is 9.52. The average Bonchev–Trinajstić information content (AvgIpc) is 2.61. The molecule has 0 bridgehead atoms. The smallest absolute Gasteiger partial charge is 0.198 e. The second-order valence-corrected chi connectivity index (χ2v) is 4.24. The molecule has 0 fully saturated rings. The Hall–Kier alpha value is -1.33. The van der Waals surface area contributed by atoms with Crippen molar-refractivity contribution in [2.24, 2.45) is 5.84 Å². The van der Waals surface area contributed by atoms with E-state index >= 15 is 0 Å². The number of hydrogen-bond donors (Lipinski definition) is 2. The van der Waals surface area contributed by atoms with Crippen molar-refractivity contribution in [3.05, 3.63) is 17.7 Å². The summed E-state index contributed by atoms with van der Waals surface area (Å²) in [6.07, 6.45) is 0. The number of nitrogens with two attached hydrogens (primary N) is 1. The number of thiazole rings is 1. The maximum atomic E-state index is 5.53. The third-order valence-corrected chi connectivity index (χ3v) is 2.96. The topological polar surface area (TPSA) is 60.2 Å². The molecule has 0 atom stereocenters. The number of ether oxygens (including phenoxy) is 1. The highest BCUT2D eigenvalue weighted by Gasteiger charge is 2.09. The molecule has 2 aromatic rings. The molecule has 2 rings (SSSR count). The standard InChI is InChI=1S/C10H13N3OS/c1-3-14-7-4-6(2)5-8-9(7)12-10(13-11)15-8/h4-5H,3,11H2,1-2H3,(H,12,13). The quantitative estimate of drug-likeness (QED) is 0.619. The lowest BCUT2D eigenvalue weighted by molar-refractivity contribution is 0.343. The number of nitrogen functional groups attached to an aromatic ring is 1. The van der Waals surface area contributed by atoms with E-state index in [1.54, 1.807) is 0 Å². The normalized spacial score (nSPS) is 10.6. The van der Waals surface area contributed by atoms with Gasteiger partial charge in [-0.15, -0.1) is 0 Å². The van der Waals surface area contributed by atoms with E-state index in [9.17, 15) is 0 Å². The Bertz CT molecular complexity index is 481. The fraction of sp³-hybridized carbons (Fsp3) is 0.300. The maximum absolute atomic E-state index is 5.53. The van der Waals surface area contributed by atoms with Crippen LogP contribution in [0.5, 0.6) is 5.75 Å². The van der Waals surface area contributed by atoms with Crippen molar-refractivity contribution in [3.8, 4) is 5.75 Å². The number of benzene rings is 1. The van der Waals surface area contributed by atoms with Gasteiger partial charge in [-0.2, -0.15) is 0 Å². The van der Waals surface area contributed by atoms with E-state index < -0.39 is 0 Å². The number of aryl methyl sites for hydroxylation is 1. The first-order valence-electron chi connectivity index (χ1n) is 4.75. The summed E-state index contributed by atoms with van der Waals surface area (Å²) in [5.41, 5.74) is 4.60. The molecule has 4 nitrogen and oxygen atoms in total. The summed E-state index contributed by atoms with van der Waals surface area (Å²) in [6.45, 7) is 4.64. The Labute approximate surface area is 92.0 Å². The zero-order chi connectivity index (χ0) is 10.8. The first-order chi connectivity index (χ1) is 7.24. The van der Waals surface area contributed by atoms with Crippen molar-refractivity contribution < 1.29 is 4.74 Å². The van der Waals surface area contributed by atoms with Crippen LogP contribution >= 0.6 is 11.3 Å². The number of nitrogens with one attached hydrogen (secondary N) is 1. The van der Waals surface area contributed by atoms with Gasteiger partial charge in [0.05, 0.1) is 11.3 Å². The Morgan fingerprint density at radius 3 is 3.00 bits per heavy atom. The Morgan fingerprint density at radius 1 is 1.53 bits per heavy atom. The highest BCUT2D eigenvalue weighted by atomic mass is 32.1. The molecule has 3 N–H and O–H groups in total. The van der Waals surface area contributed by atoms with E-state index in [0.29, 0.717) is 11.7 Å². The second-order valence-electron chi connectivity index (χ2n) is 3.21. The molecule has 1 heterocycles. The Morgan fingerprint density at radius 2 is 2.33 bits per heavy atom. The van der Waals surface area contributed by atoms with Gasteiger partial charge in [-0.3, -0.25) is 5.43 Å². The maximum Gasteiger partial charge on any atom is 0.198 e. The SMILES string of the molecule is CCOc1cc(C)cc2sc(NN)nc12. The van der Waals surface area contributed by atoms with E-state index in [1.807, 2.05) is 19.9 Å². The molecule has 15 heavy (non-hydrogen) atoms. The molecule has 1 aromatic carbocycles. The monoisotopic (exact) mass is 223 g/mol. The second kappa shape index (κ2) is 4.04. The van der Waals surface area contributed by atoms with Crippen LogP contribution in [0.1, 0.15) is 12.5 Å². The van der Waals surface area contributed by atoms with Crippen LogP contribution in [-0.4, -0.2) is 11.6 Å². The zero-order valence-electron chi connectivity index (χ0n) is 8.70. The van der Waals surface area contributed by atoms with Gasteiger partial charge in [0.1, 0.15) is 11.3 Å². The first kappa shape index (κ1) is 10.2. The fourth-order valence-electron chi connectivity index (χ4n) is 1.46. The van der Waals surface area contributed by atoms with Crippen molar-refractivity contribution in [3.63, 3.8) is 0 Å². The molecule has 0 aliphatic carbocycles. The van der Waals surface area contributed by atoms with E-state index in [4.69, 9.17) is 10.6 Å². The van der Waals surface area contributed by atoms with Crippen LogP contribution in [-0.2, 0) is 0 Å². The minimum atomic E-state index is 0.640. The van der Waals surface area contributed by atoms with E-state index in [0.717, 1.165) is 21.5 Å². The molecule has 0 unspecified atom stereocenters. The average molecular weight is 223 g/mol. The van der Waals surface area contributed by atoms with Crippen molar-refractivity contribution in [1.82, 2.24) is 4.98 Å². The molecule has 0 aliphatic heterocycles. The number of hydrazine groups is 1. The minimum Gasteiger partial charge on any atom is -0.492 e. The number of hydrogen-bond acceptors (Lipinski definition) is 5. The van der Waals surface area contributed by atoms with Crippen LogP contribution in [0.15, 0.2) is 12.1 Å². The summed E-state index contributed by atoms with van der Waals surface area (Å²) in [6, 6.07) is 4.07. The highest BCUT2D eigenvalue weighted by molar-refractivity contribution is 7.22. The predicted molar refractivity (Wildman–Crippen MR) is 63.3 cm³/mol. The summed E-state index contributed by atoms with van der Waals surface area (Å²) in [5.74, 6) is 6.16. The van der Waals surface area contributed by atoms with Gasteiger partial charge in [0.2, 0.25) is 0 Å². The molecule has 1 aromatic heterocycles. The van der Waals surface area contributed by atoms with Gasteiger partial charge in [0, 0.05) is 0 Å². The number of nitrogens with zero attached hydrogens (tertiary/aromatic N) is 1. The third-order valence-electron chi connectivity index (χ3n) is 2.03. The Balaban J connectivity index is 2.61. The summed E-state index contributed by atoms with van der Waals surface area (Å²) in [7, 11) is 0. The number of anilines is 1. The molecule has 0 aliphatic rings. The molecule has 0 saturated carbocycles. The lowest BCUT2D eigenvalue weighted by Gasteiger charge is -2.04. The third kappa shape index (κ3) is 1.88. The van der Waals surface area contributed by atoms with E-state index in [2.05, 4.69) is 16.5 Å². The van der Waals surface area contributed by atoms with Crippen molar-refractivity contribution >= 4 is 26.7 Å². The number of fused-ring (bicyclic) bond motifs is 1. The van der Waals surface area contributed by atoms with Gasteiger partial charge in [0.25, 0.3) is 0 Å². The molecular formula is C10H13N3OS. The van der Waals surface area contributed by atoms with Crippen LogP contribution in [0.4, 0.5) is 5.13 Å². The fourth-order valence-corrected chi connectivity index (χ4v) is 2.35. The summed E-state index contributed by atoms with van der Waals surface area (Å²) < 4.78 is 6.62. The Kier molecular flexibility index (Phi) is 2.75. The largest absolute Gasteiger partial charge is 0.492 e.